The molecular formula is C11H9F3N2O3S. The van der Waals surface area contributed by atoms with Crippen molar-refractivity contribution in [3.8, 4) is 11.5 Å². The highest BCUT2D eigenvalue weighted by molar-refractivity contribution is 7.91. The van der Waals surface area contributed by atoms with Gasteiger partial charge in [-0.2, -0.15) is 13.2 Å². The molecule has 1 aromatic carbocycles. The molecular weight excluding hydrogens is 297 g/mol. The van der Waals surface area contributed by atoms with Gasteiger partial charge in [-0.1, -0.05) is 24.2 Å². The van der Waals surface area contributed by atoms with Gasteiger partial charge in [0, 0.05) is 0 Å². The van der Waals surface area contributed by atoms with E-state index in [1.54, 1.807) is 0 Å². The van der Waals surface area contributed by atoms with Gasteiger partial charge in [-0.25, -0.2) is 8.42 Å². The average Bonchev–Trinajstić information content (AvgIpc) is 2.88. The summed E-state index contributed by atoms with van der Waals surface area (Å²) in [5, 5.41) is 5.98. The van der Waals surface area contributed by atoms with E-state index in [1.807, 2.05) is 0 Å². The zero-order valence-electron chi connectivity index (χ0n) is 10.2. The van der Waals surface area contributed by atoms with Crippen molar-refractivity contribution in [2.24, 2.45) is 0 Å². The van der Waals surface area contributed by atoms with E-state index in [0.29, 0.717) is 0 Å². The summed E-state index contributed by atoms with van der Waals surface area (Å²) in [4.78, 5) is 0. The number of aromatic nitrogens is 2. The van der Waals surface area contributed by atoms with Crippen LogP contribution in [0.3, 0.4) is 0 Å². The van der Waals surface area contributed by atoms with Crippen molar-refractivity contribution in [2.75, 3.05) is 5.75 Å². The second-order valence-electron chi connectivity index (χ2n) is 3.82. The Labute approximate surface area is 112 Å². The Hall–Kier alpha value is -1.90. The van der Waals surface area contributed by atoms with Crippen molar-refractivity contribution in [1.29, 1.82) is 0 Å². The molecule has 20 heavy (non-hydrogen) atoms. The number of hydrogen-bond acceptors (Lipinski definition) is 5. The van der Waals surface area contributed by atoms with E-state index >= 15 is 0 Å². The van der Waals surface area contributed by atoms with E-state index in [-0.39, 0.29) is 11.3 Å². The summed E-state index contributed by atoms with van der Waals surface area (Å²) in [7, 11) is -3.76. The largest absolute Gasteiger partial charge is 0.417 e. The summed E-state index contributed by atoms with van der Waals surface area (Å²) < 4.78 is 66.4. The Morgan fingerprint density at radius 2 is 1.85 bits per heavy atom. The quantitative estimate of drug-likeness (QED) is 0.871. The molecule has 0 saturated carbocycles. The van der Waals surface area contributed by atoms with Crippen molar-refractivity contribution in [3.63, 3.8) is 0 Å². The van der Waals surface area contributed by atoms with E-state index in [0.717, 1.165) is 12.1 Å². The third kappa shape index (κ3) is 2.67. The Bertz CT molecular complexity index is 723. The van der Waals surface area contributed by atoms with Crippen molar-refractivity contribution < 1.29 is 26.0 Å². The third-order valence-corrected chi connectivity index (χ3v) is 3.97. The predicted octanol–water partition coefficient (Wildman–Crippen LogP) is 2.55. The van der Waals surface area contributed by atoms with Crippen LogP contribution in [-0.2, 0) is 16.0 Å². The normalized spacial score (nSPS) is 12.6. The van der Waals surface area contributed by atoms with Gasteiger partial charge in [-0.05, 0) is 12.1 Å². The lowest BCUT2D eigenvalue weighted by molar-refractivity contribution is -0.137. The van der Waals surface area contributed by atoms with Crippen LogP contribution < -0.4 is 0 Å². The topological polar surface area (TPSA) is 73.1 Å². The van der Waals surface area contributed by atoms with Crippen LogP contribution in [-0.4, -0.2) is 24.4 Å². The highest BCUT2D eigenvalue weighted by Gasteiger charge is 2.35. The molecule has 0 aliphatic carbocycles. The zero-order chi connectivity index (χ0) is 15.0. The number of sulfone groups is 1. The fourth-order valence-electron chi connectivity index (χ4n) is 1.48. The first-order valence-corrected chi connectivity index (χ1v) is 7.14. The lowest BCUT2D eigenvalue weighted by atomic mass is 10.1. The molecule has 0 fully saturated rings. The van der Waals surface area contributed by atoms with Crippen LogP contribution in [0.15, 0.2) is 33.9 Å². The first-order valence-electron chi connectivity index (χ1n) is 5.48. The highest BCUT2D eigenvalue weighted by atomic mass is 32.2. The molecule has 0 unspecified atom stereocenters. The molecule has 108 valence electrons. The third-order valence-electron chi connectivity index (χ3n) is 2.52. The number of alkyl halides is 3. The number of benzene rings is 1. The first kappa shape index (κ1) is 14.5. The standard InChI is InChI=1S/C11H9F3N2O3S/c1-2-20(17,18)10-16-15-9(19-10)7-5-3-4-6-8(7)11(12,13)14/h3-6H,2H2,1H3. The molecule has 0 N–H and O–H groups in total. The Kier molecular flexibility index (Phi) is 3.55. The lowest BCUT2D eigenvalue weighted by Crippen LogP contribution is -2.06. The van der Waals surface area contributed by atoms with E-state index in [9.17, 15) is 21.6 Å². The SMILES string of the molecule is CCS(=O)(=O)c1nnc(-c2ccccc2C(F)(F)F)o1. The molecule has 0 spiro atoms. The fourth-order valence-corrected chi connectivity index (χ4v) is 2.10. The smallest absolute Gasteiger partial charge is 0.408 e. The molecule has 2 rings (SSSR count). The van der Waals surface area contributed by atoms with Crippen LogP contribution in [0.5, 0.6) is 0 Å². The molecule has 0 radical (unpaired) electrons. The molecule has 5 nitrogen and oxygen atoms in total. The highest BCUT2D eigenvalue weighted by Crippen LogP contribution is 2.36. The minimum atomic E-state index is -4.60. The van der Waals surface area contributed by atoms with Crippen LogP contribution in [0.2, 0.25) is 0 Å². The molecule has 0 saturated heterocycles. The van der Waals surface area contributed by atoms with Crippen LogP contribution in [0, 0.1) is 0 Å². The van der Waals surface area contributed by atoms with Gasteiger partial charge in [0.1, 0.15) is 0 Å². The summed E-state index contributed by atoms with van der Waals surface area (Å²) >= 11 is 0. The molecule has 2 aromatic rings. The van der Waals surface area contributed by atoms with Gasteiger partial charge in [-0.15, -0.1) is 5.10 Å². The van der Waals surface area contributed by atoms with E-state index in [4.69, 9.17) is 4.42 Å². The maximum Gasteiger partial charge on any atom is 0.417 e. The van der Waals surface area contributed by atoms with E-state index in [1.165, 1.54) is 19.1 Å². The monoisotopic (exact) mass is 306 g/mol. The molecule has 0 aliphatic rings. The zero-order valence-corrected chi connectivity index (χ0v) is 11.0. The van der Waals surface area contributed by atoms with Crippen molar-refractivity contribution in [3.05, 3.63) is 29.8 Å². The van der Waals surface area contributed by atoms with E-state index < -0.39 is 32.7 Å². The second kappa shape index (κ2) is 4.89. The van der Waals surface area contributed by atoms with Gasteiger partial charge >= 0.3 is 11.4 Å². The molecule has 0 bridgehead atoms. The Morgan fingerprint density at radius 1 is 1.20 bits per heavy atom. The molecule has 9 heteroatoms. The maximum absolute atomic E-state index is 12.8. The van der Waals surface area contributed by atoms with Crippen LogP contribution >= 0.6 is 0 Å². The van der Waals surface area contributed by atoms with Gasteiger partial charge in [0.2, 0.25) is 15.7 Å². The maximum atomic E-state index is 12.8. The van der Waals surface area contributed by atoms with Gasteiger partial charge < -0.3 is 4.42 Å². The van der Waals surface area contributed by atoms with Crippen LogP contribution in [0.4, 0.5) is 13.2 Å². The predicted molar refractivity (Wildman–Crippen MR) is 62.5 cm³/mol. The summed E-state index contributed by atoms with van der Waals surface area (Å²) in [6, 6.07) is 4.57. The van der Waals surface area contributed by atoms with Gasteiger partial charge in [-0.3, -0.25) is 0 Å². The molecule has 0 amide bonds. The summed E-state index contributed by atoms with van der Waals surface area (Å²) in [5.74, 6) is -0.764. The van der Waals surface area contributed by atoms with Gasteiger partial charge in [0.15, 0.2) is 0 Å². The van der Waals surface area contributed by atoms with E-state index in [2.05, 4.69) is 10.2 Å². The lowest BCUT2D eigenvalue weighted by Gasteiger charge is -2.09. The van der Waals surface area contributed by atoms with Gasteiger partial charge in [0.05, 0.1) is 16.9 Å². The second-order valence-corrected chi connectivity index (χ2v) is 5.98. The number of hydrogen-bond donors (Lipinski definition) is 0. The summed E-state index contributed by atoms with van der Waals surface area (Å²) in [5.41, 5.74) is -1.32. The fraction of sp³-hybridized carbons (Fsp3) is 0.273. The molecule has 0 atom stereocenters. The number of rotatable bonds is 3. The van der Waals surface area contributed by atoms with Gasteiger partial charge in [0.25, 0.3) is 0 Å². The molecule has 0 aliphatic heterocycles. The Balaban J connectivity index is 2.55. The van der Waals surface area contributed by atoms with Crippen LogP contribution in [0.25, 0.3) is 11.5 Å². The molecule has 1 aromatic heterocycles. The van der Waals surface area contributed by atoms with Crippen molar-refractivity contribution in [2.45, 2.75) is 18.3 Å². The summed E-state index contributed by atoms with van der Waals surface area (Å²) in [6.07, 6.45) is -4.60. The number of halogens is 3. The molecule has 1 heterocycles. The van der Waals surface area contributed by atoms with Crippen LogP contribution in [0.1, 0.15) is 12.5 Å². The number of nitrogens with zero attached hydrogens (tertiary/aromatic N) is 2. The minimum Gasteiger partial charge on any atom is -0.408 e. The minimum absolute atomic E-state index is 0.282. The average molecular weight is 306 g/mol. The van der Waals surface area contributed by atoms with Crippen molar-refractivity contribution >= 4 is 9.84 Å². The summed E-state index contributed by atoms with van der Waals surface area (Å²) in [6.45, 7) is 1.36. The Morgan fingerprint density at radius 3 is 2.45 bits per heavy atom. The van der Waals surface area contributed by atoms with Crippen molar-refractivity contribution in [1.82, 2.24) is 10.2 Å². The first-order chi connectivity index (χ1) is 9.25.